The lowest BCUT2D eigenvalue weighted by molar-refractivity contribution is -0.133. The van der Waals surface area contributed by atoms with Gasteiger partial charge in [0.05, 0.1) is 18.0 Å². The van der Waals surface area contributed by atoms with Crippen molar-refractivity contribution in [3.63, 3.8) is 0 Å². The van der Waals surface area contributed by atoms with Gasteiger partial charge >= 0.3 is 0 Å². The molecule has 1 aromatic heterocycles. The number of aromatic nitrogens is 3. The predicted molar refractivity (Wildman–Crippen MR) is 94.2 cm³/mol. The summed E-state index contributed by atoms with van der Waals surface area (Å²) in [7, 11) is 3.58. The Balaban J connectivity index is 1.61. The third-order valence-electron chi connectivity index (χ3n) is 5.08. The van der Waals surface area contributed by atoms with Gasteiger partial charge in [0.1, 0.15) is 5.52 Å². The van der Waals surface area contributed by atoms with Crippen LogP contribution < -0.4 is 5.56 Å². The number of amides is 1. The fourth-order valence-corrected chi connectivity index (χ4v) is 3.42. The van der Waals surface area contributed by atoms with Gasteiger partial charge in [-0.2, -0.15) is 0 Å². The molecule has 1 aromatic carbocycles. The Kier molecular flexibility index (Phi) is 5.43. The van der Waals surface area contributed by atoms with E-state index in [-0.39, 0.29) is 30.5 Å². The van der Waals surface area contributed by atoms with Gasteiger partial charge in [-0.15, -0.1) is 5.10 Å². The Hall–Kier alpha value is -2.28. The number of fused-ring (bicyclic) bond motifs is 1. The molecule has 0 saturated heterocycles. The zero-order valence-corrected chi connectivity index (χ0v) is 14.7. The van der Waals surface area contributed by atoms with Crippen molar-refractivity contribution in [2.24, 2.45) is 0 Å². The highest BCUT2D eigenvalue weighted by atomic mass is 16.5. The average molecular weight is 344 g/mol. The van der Waals surface area contributed by atoms with E-state index in [0.29, 0.717) is 17.0 Å². The molecule has 1 fully saturated rings. The number of aryl methyl sites for hydroxylation is 1. The van der Waals surface area contributed by atoms with E-state index in [1.165, 1.54) is 4.68 Å². The number of benzene rings is 1. The van der Waals surface area contributed by atoms with Crippen molar-refractivity contribution in [1.29, 1.82) is 0 Å². The van der Waals surface area contributed by atoms with Gasteiger partial charge < -0.3 is 9.64 Å². The summed E-state index contributed by atoms with van der Waals surface area (Å²) in [5.74, 6) is 0.0303. The van der Waals surface area contributed by atoms with E-state index in [1.54, 1.807) is 25.3 Å². The number of hydrogen-bond donors (Lipinski definition) is 0. The summed E-state index contributed by atoms with van der Waals surface area (Å²) in [6.45, 7) is 0.243. The molecule has 1 saturated carbocycles. The molecule has 25 heavy (non-hydrogen) atoms. The fraction of sp³-hybridized carbons (Fsp3) is 0.556. The van der Waals surface area contributed by atoms with Crippen molar-refractivity contribution in [3.05, 3.63) is 34.6 Å². The molecule has 7 heteroatoms. The number of rotatable bonds is 5. The van der Waals surface area contributed by atoms with E-state index in [1.807, 2.05) is 18.0 Å². The molecule has 1 heterocycles. The molecule has 0 N–H and O–H groups in total. The SMILES string of the molecule is COC1CCC(N(C)C(=O)CCn2nnc3ccccc3c2=O)CC1. The molecule has 1 aliphatic carbocycles. The average Bonchev–Trinajstić information content (AvgIpc) is 2.67. The van der Waals surface area contributed by atoms with Crippen LogP contribution in [0, 0.1) is 0 Å². The van der Waals surface area contributed by atoms with Crippen molar-refractivity contribution >= 4 is 16.8 Å². The Morgan fingerprint density at radius 3 is 2.72 bits per heavy atom. The monoisotopic (exact) mass is 344 g/mol. The van der Waals surface area contributed by atoms with E-state index in [2.05, 4.69) is 10.3 Å². The summed E-state index contributed by atoms with van der Waals surface area (Å²) in [6.07, 6.45) is 4.43. The molecule has 0 aliphatic heterocycles. The van der Waals surface area contributed by atoms with Crippen LogP contribution in [0.3, 0.4) is 0 Å². The van der Waals surface area contributed by atoms with Crippen LogP contribution in [0.1, 0.15) is 32.1 Å². The maximum atomic E-state index is 12.5. The molecular formula is C18H24N4O3. The van der Waals surface area contributed by atoms with E-state index >= 15 is 0 Å². The van der Waals surface area contributed by atoms with Gasteiger partial charge in [-0.05, 0) is 37.8 Å². The van der Waals surface area contributed by atoms with Gasteiger partial charge in [-0.25, -0.2) is 4.68 Å². The lowest BCUT2D eigenvalue weighted by Gasteiger charge is -2.34. The minimum absolute atomic E-state index is 0.0303. The van der Waals surface area contributed by atoms with Crippen molar-refractivity contribution in [1.82, 2.24) is 19.9 Å². The highest BCUT2D eigenvalue weighted by Crippen LogP contribution is 2.24. The van der Waals surface area contributed by atoms with Gasteiger partial charge in [0.25, 0.3) is 5.56 Å². The normalized spacial score (nSPS) is 20.6. The Morgan fingerprint density at radius 2 is 2.00 bits per heavy atom. The van der Waals surface area contributed by atoms with Gasteiger partial charge in [0.2, 0.25) is 5.91 Å². The number of hydrogen-bond acceptors (Lipinski definition) is 5. The third-order valence-corrected chi connectivity index (χ3v) is 5.08. The van der Waals surface area contributed by atoms with Crippen molar-refractivity contribution in [2.75, 3.05) is 14.2 Å². The maximum Gasteiger partial charge on any atom is 0.277 e. The van der Waals surface area contributed by atoms with E-state index < -0.39 is 0 Å². The Bertz CT molecular complexity index is 796. The molecule has 1 amide bonds. The highest BCUT2D eigenvalue weighted by Gasteiger charge is 2.26. The minimum atomic E-state index is -0.207. The summed E-state index contributed by atoms with van der Waals surface area (Å²) in [5, 5.41) is 8.51. The van der Waals surface area contributed by atoms with Crippen LogP contribution >= 0.6 is 0 Å². The quantitative estimate of drug-likeness (QED) is 0.823. The molecule has 0 atom stereocenters. The number of carbonyl (C=O) groups is 1. The van der Waals surface area contributed by atoms with Crippen molar-refractivity contribution in [3.8, 4) is 0 Å². The summed E-state index contributed by atoms with van der Waals surface area (Å²) in [6, 6.07) is 7.34. The lowest BCUT2D eigenvalue weighted by Crippen LogP contribution is -2.41. The first-order valence-electron chi connectivity index (χ1n) is 8.71. The minimum Gasteiger partial charge on any atom is -0.381 e. The Morgan fingerprint density at radius 1 is 1.28 bits per heavy atom. The zero-order valence-electron chi connectivity index (χ0n) is 14.7. The maximum absolute atomic E-state index is 12.5. The summed E-state index contributed by atoms with van der Waals surface area (Å²) in [4.78, 5) is 26.7. The summed E-state index contributed by atoms with van der Waals surface area (Å²) >= 11 is 0. The molecule has 7 nitrogen and oxygen atoms in total. The van der Waals surface area contributed by atoms with Gasteiger partial charge in [-0.3, -0.25) is 9.59 Å². The van der Waals surface area contributed by atoms with Crippen molar-refractivity contribution < 1.29 is 9.53 Å². The predicted octanol–water partition coefficient (Wildman–Crippen LogP) is 1.60. The molecule has 3 rings (SSSR count). The largest absolute Gasteiger partial charge is 0.381 e. The van der Waals surface area contributed by atoms with Crippen LogP contribution in [-0.4, -0.2) is 52.1 Å². The third kappa shape index (κ3) is 3.87. The second kappa shape index (κ2) is 7.74. The second-order valence-corrected chi connectivity index (χ2v) is 6.56. The van der Waals surface area contributed by atoms with Gasteiger partial charge in [-0.1, -0.05) is 17.3 Å². The van der Waals surface area contributed by atoms with Crippen LogP contribution in [0.4, 0.5) is 0 Å². The van der Waals surface area contributed by atoms with Crippen LogP contribution in [0.2, 0.25) is 0 Å². The van der Waals surface area contributed by atoms with E-state index in [9.17, 15) is 9.59 Å². The van der Waals surface area contributed by atoms with Crippen LogP contribution in [0.15, 0.2) is 29.1 Å². The molecule has 134 valence electrons. The first-order valence-corrected chi connectivity index (χ1v) is 8.71. The standard InChI is InChI=1S/C18H24N4O3/c1-21(13-7-9-14(25-2)10-8-13)17(23)11-12-22-18(24)15-5-3-4-6-16(15)19-20-22/h3-6,13-14H,7-12H2,1-2H3. The van der Waals surface area contributed by atoms with Crippen LogP contribution in [0.5, 0.6) is 0 Å². The smallest absolute Gasteiger partial charge is 0.277 e. The first-order chi connectivity index (χ1) is 12.1. The molecule has 0 spiro atoms. The molecule has 0 unspecified atom stereocenters. The first kappa shape index (κ1) is 17.5. The van der Waals surface area contributed by atoms with Gasteiger partial charge in [0.15, 0.2) is 0 Å². The van der Waals surface area contributed by atoms with Gasteiger partial charge in [0, 0.05) is 26.6 Å². The molecule has 1 aliphatic rings. The zero-order chi connectivity index (χ0) is 17.8. The number of nitrogens with zero attached hydrogens (tertiary/aromatic N) is 4. The highest BCUT2D eigenvalue weighted by molar-refractivity contribution is 5.77. The summed E-state index contributed by atoms with van der Waals surface area (Å²) < 4.78 is 6.65. The van der Waals surface area contributed by atoms with Crippen LogP contribution in [0.25, 0.3) is 10.9 Å². The van der Waals surface area contributed by atoms with E-state index in [4.69, 9.17) is 4.74 Å². The Labute approximate surface area is 146 Å². The van der Waals surface area contributed by atoms with E-state index in [0.717, 1.165) is 25.7 Å². The molecule has 0 bridgehead atoms. The number of ether oxygens (including phenoxy) is 1. The summed E-state index contributed by atoms with van der Waals surface area (Å²) in [5.41, 5.74) is 0.365. The molecular weight excluding hydrogens is 320 g/mol. The number of carbonyl (C=O) groups excluding carboxylic acids is 1. The molecule has 2 aromatic rings. The molecule has 0 radical (unpaired) electrons. The number of methoxy groups -OCH3 is 1. The fourth-order valence-electron chi connectivity index (χ4n) is 3.42. The van der Waals surface area contributed by atoms with Crippen molar-refractivity contribution in [2.45, 2.75) is 50.8 Å². The van der Waals surface area contributed by atoms with Crippen LogP contribution in [-0.2, 0) is 16.1 Å². The lowest BCUT2D eigenvalue weighted by atomic mass is 9.92. The second-order valence-electron chi connectivity index (χ2n) is 6.56. The topological polar surface area (TPSA) is 77.3 Å².